The average molecular weight is 272 g/mol. The third kappa shape index (κ3) is 3.50. The molecule has 0 bridgehead atoms. The van der Waals surface area contributed by atoms with Crippen LogP contribution in [-0.2, 0) is 5.41 Å². The topological polar surface area (TPSA) is 17.1 Å². The predicted molar refractivity (Wildman–Crippen MR) is 85.2 cm³/mol. The van der Waals surface area contributed by atoms with E-state index in [1.807, 2.05) is 12.1 Å². The van der Waals surface area contributed by atoms with E-state index in [0.29, 0.717) is 5.78 Å². The molecule has 1 aromatic carbocycles. The number of ketones is 1. The number of Topliss-reactive ketones (excluding diaryl/α,β-unsaturated/α-hetero) is 1. The van der Waals surface area contributed by atoms with Crippen LogP contribution >= 0.6 is 0 Å². The van der Waals surface area contributed by atoms with E-state index >= 15 is 0 Å². The lowest BCUT2D eigenvalue weighted by atomic mass is 9.76. The molecule has 0 aromatic heterocycles. The van der Waals surface area contributed by atoms with E-state index in [-0.39, 0.29) is 11.3 Å². The molecule has 0 heterocycles. The second kappa shape index (κ2) is 6.11. The van der Waals surface area contributed by atoms with Gasteiger partial charge in [0.15, 0.2) is 5.78 Å². The van der Waals surface area contributed by atoms with Crippen molar-refractivity contribution < 1.29 is 4.79 Å². The van der Waals surface area contributed by atoms with E-state index < -0.39 is 0 Å². The highest BCUT2D eigenvalue weighted by molar-refractivity contribution is 5.97. The van der Waals surface area contributed by atoms with Gasteiger partial charge in [0, 0.05) is 11.5 Å². The first-order valence-corrected chi connectivity index (χ1v) is 8.06. The van der Waals surface area contributed by atoms with Crippen molar-refractivity contribution in [3.05, 3.63) is 35.4 Å². The Morgan fingerprint density at radius 3 is 2.35 bits per heavy atom. The average Bonchev–Trinajstić information content (AvgIpc) is 2.46. The summed E-state index contributed by atoms with van der Waals surface area (Å²) >= 11 is 0. The zero-order chi connectivity index (χ0) is 14.8. The van der Waals surface area contributed by atoms with Crippen LogP contribution < -0.4 is 0 Å². The summed E-state index contributed by atoms with van der Waals surface area (Å²) < 4.78 is 0. The van der Waals surface area contributed by atoms with Crippen LogP contribution in [0.3, 0.4) is 0 Å². The molecule has 1 aliphatic carbocycles. The molecule has 1 aromatic rings. The van der Waals surface area contributed by atoms with Crippen LogP contribution in [0, 0.1) is 11.8 Å². The number of carbonyl (C=O) groups excluding carboxylic acids is 1. The largest absolute Gasteiger partial charge is 0.294 e. The number of benzene rings is 1. The molecular formula is C19H28O. The SMILES string of the molecule is CCC1CCCC(C(=O)c2ccc(C(C)(C)C)cc2)C1. The van der Waals surface area contributed by atoms with Crippen molar-refractivity contribution in [1.29, 1.82) is 0 Å². The Hall–Kier alpha value is -1.11. The molecule has 0 spiro atoms. The summed E-state index contributed by atoms with van der Waals surface area (Å²) in [5, 5.41) is 0. The molecule has 0 saturated heterocycles. The Kier molecular flexibility index (Phi) is 4.67. The van der Waals surface area contributed by atoms with Crippen LogP contribution in [0.1, 0.15) is 75.7 Å². The van der Waals surface area contributed by atoms with Crippen molar-refractivity contribution in [2.75, 3.05) is 0 Å². The van der Waals surface area contributed by atoms with Crippen molar-refractivity contribution in [3.63, 3.8) is 0 Å². The van der Waals surface area contributed by atoms with E-state index in [1.54, 1.807) is 0 Å². The molecule has 1 saturated carbocycles. The minimum Gasteiger partial charge on any atom is -0.294 e. The van der Waals surface area contributed by atoms with Gasteiger partial charge in [0.1, 0.15) is 0 Å². The monoisotopic (exact) mass is 272 g/mol. The van der Waals surface area contributed by atoms with Gasteiger partial charge in [0.25, 0.3) is 0 Å². The maximum atomic E-state index is 12.6. The summed E-state index contributed by atoms with van der Waals surface area (Å²) in [5.74, 6) is 1.38. The molecule has 2 atom stereocenters. The molecule has 0 radical (unpaired) electrons. The lowest BCUT2D eigenvalue weighted by molar-refractivity contribution is 0.0862. The Labute approximate surface area is 123 Å². The van der Waals surface area contributed by atoms with Crippen LogP contribution in [0.4, 0.5) is 0 Å². The van der Waals surface area contributed by atoms with Gasteiger partial charge in [-0.3, -0.25) is 4.79 Å². The van der Waals surface area contributed by atoms with Gasteiger partial charge >= 0.3 is 0 Å². The normalized spacial score (nSPS) is 23.6. The summed E-state index contributed by atoms with van der Waals surface area (Å²) in [6.45, 7) is 8.86. The summed E-state index contributed by atoms with van der Waals surface area (Å²) in [4.78, 5) is 12.6. The van der Waals surface area contributed by atoms with E-state index in [4.69, 9.17) is 0 Å². The summed E-state index contributed by atoms with van der Waals surface area (Å²) in [6, 6.07) is 8.29. The van der Waals surface area contributed by atoms with Crippen molar-refractivity contribution >= 4 is 5.78 Å². The highest BCUT2D eigenvalue weighted by atomic mass is 16.1. The lowest BCUT2D eigenvalue weighted by Crippen LogP contribution is -2.23. The van der Waals surface area contributed by atoms with Gasteiger partial charge in [-0.05, 0) is 29.7 Å². The molecule has 0 N–H and O–H groups in total. The highest BCUT2D eigenvalue weighted by Crippen LogP contribution is 2.33. The molecule has 1 nitrogen and oxygen atoms in total. The third-order valence-electron chi connectivity index (χ3n) is 4.77. The van der Waals surface area contributed by atoms with Gasteiger partial charge < -0.3 is 0 Å². The molecule has 110 valence electrons. The second-order valence-electron chi connectivity index (χ2n) is 7.33. The lowest BCUT2D eigenvalue weighted by Gasteiger charge is -2.27. The van der Waals surface area contributed by atoms with Crippen LogP contribution in [0.15, 0.2) is 24.3 Å². The number of hydrogen-bond acceptors (Lipinski definition) is 1. The predicted octanol–water partition coefficient (Wildman–Crippen LogP) is 5.38. The molecule has 0 aliphatic heterocycles. The van der Waals surface area contributed by atoms with Crippen LogP contribution in [0.25, 0.3) is 0 Å². The summed E-state index contributed by atoms with van der Waals surface area (Å²) in [7, 11) is 0. The van der Waals surface area contributed by atoms with Crippen molar-refractivity contribution in [3.8, 4) is 0 Å². The van der Waals surface area contributed by atoms with Crippen molar-refractivity contribution in [1.82, 2.24) is 0 Å². The Balaban J connectivity index is 2.09. The van der Waals surface area contributed by atoms with Crippen LogP contribution in [0.2, 0.25) is 0 Å². The zero-order valence-electron chi connectivity index (χ0n) is 13.4. The van der Waals surface area contributed by atoms with Crippen LogP contribution in [0.5, 0.6) is 0 Å². The first kappa shape index (κ1) is 15.3. The minimum absolute atomic E-state index is 0.153. The molecular weight excluding hydrogens is 244 g/mol. The molecule has 2 unspecified atom stereocenters. The van der Waals surface area contributed by atoms with Gasteiger partial charge in [0.05, 0.1) is 0 Å². The van der Waals surface area contributed by atoms with E-state index in [2.05, 4.69) is 39.8 Å². The number of hydrogen-bond donors (Lipinski definition) is 0. The molecule has 0 amide bonds. The second-order valence-corrected chi connectivity index (χ2v) is 7.33. The standard InChI is InChI=1S/C19H28O/c1-5-14-7-6-8-16(13-14)18(20)15-9-11-17(12-10-15)19(2,3)4/h9-12,14,16H,5-8,13H2,1-4H3. The summed E-state index contributed by atoms with van der Waals surface area (Å²) in [5.41, 5.74) is 2.35. The fraction of sp³-hybridized carbons (Fsp3) is 0.632. The molecule has 1 aliphatic rings. The first-order chi connectivity index (χ1) is 9.41. The summed E-state index contributed by atoms with van der Waals surface area (Å²) in [6.07, 6.45) is 5.91. The van der Waals surface area contributed by atoms with Gasteiger partial charge in [-0.2, -0.15) is 0 Å². The van der Waals surface area contributed by atoms with Crippen molar-refractivity contribution in [2.45, 2.75) is 65.2 Å². The van der Waals surface area contributed by atoms with Crippen molar-refractivity contribution in [2.24, 2.45) is 11.8 Å². The third-order valence-corrected chi connectivity index (χ3v) is 4.77. The zero-order valence-corrected chi connectivity index (χ0v) is 13.4. The maximum Gasteiger partial charge on any atom is 0.165 e. The van der Waals surface area contributed by atoms with E-state index in [9.17, 15) is 4.79 Å². The number of rotatable bonds is 3. The van der Waals surface area contributed by atoms with Gasteiger partial charge in [-0.15, -0.1) is 0 Å². The van der Waals surface area contributed by atoms with E-state index in [1.165, 1.54) is 24.8 Å². The molecule has 1 heteroatoms. The Morgan fingerprint density at radius 2 is 1.80 bits per heavy atom. The fourth-order valence-electron chi connectivity index (χ4n) is 3.27. The maximum absolute atomic E-state index is 12.6. The smallest absolute Gasteiger partial charge is 0.165 e. The van der Waals surface area contributed by atoms with E-state index in [0.717, 1.165) is 24.3 Å². The molecule has 2 rings (SSSR count). The minimum atomic E-state index is 0.153. The number of carbonyl (C=O) groups is 1. The Morgan fingerprint density at radius 1 is 1.15 bits per heavy atom. The Bertz CT molecular complexity index is 450. The highest BCUT2D eigenvalue weighted by Gasteiger charge is 2.27. The first-order valence-electron chi connectivity index (χ1n) is 8.06. The quantitative estimate of drug-likeness (QED) is 0.675. The fourth-order valence-corrected chi connectivity index (χ4v) is 3.27. The van der Waals surface area contributed by atoms with Gasteiger partial charge in [-0.25, -0.2) is 0 Å². The molecule has 20 heavy (non-hydrogen) atoms. The van der Waals surface area contributed by atoms with Gasteiger partial charge in [0.2, 0.25) is 0 Å². The molecule has 1 fully saturated rings. The van der Waals surface area contributed by atoms with Gasteiger partial charge in [-0.1, -0.05) is 71.2 Å². The van der Waals surface area contributed by atoms with Crippen LogP contribution in [-0.4, -0.2) is 5.78 Å².